The van der Waals surface area contributed by atoms with E-state index in [2.05, 4.69) is 31.4 Å². The first-order chi connectivity index (χ1) is 7.78. The predicted octanol–water partition coefficient (Wildman–Crippen LogP) is 3.75. The van der Waals surface area contributed by atoms with Crippen LogP contribution in [-0.2, 0) is 12.8 Å². The molecule has 3 rings (SSSR count). The fourth-order valence-corrected chi connectivity index (χ4v) is 3.11. The van der Waals surface area contributed by atoms with Gasteiger partial charge in [0.1, 0.15) is 0 Å². The van der Waals surface area contributed by atoms with E-state index in [-0.39, 0.29) is 0 Å². The molecule has 1 aromatic carbocycles. The fourth-order valence-electron chi connectivity index (χ4n) is 2.54. The number of rotatable bonds is 1. The molecular formula is C14H15NS. The van der Waals surface area contributed by atoms with Gasteiger partial charge in [0.15, 0.2) is 0 Å². The lowest BCUT2D eigenvalue weighted by molar-refractivity contribution is 0.912. The van der Waals surface area contributed by atoms with Crippen LogP contribution in [0.1, 0.15) is 23.1 Å². The molecule has 1 aliphatic carbocycles. The lowest BCUT2D eigenvalue weighted by Crippen LogP contribution is -1.90. The zero-order valence-electron chi connectivity index (χ0n) is 9.71. The average Bonchev–Trinajstić information content (AvgIpc) is 2.72. The molecule has 2 aromatic rings. The van der Waals surface area contributed by atoms with Crippen LogP contribution in [0.25, 0.3) is 10.9 Å². The molecule has 1 aromatic heterocycles. The number of hydrogen-bond acceptors (Lipinski definition) is 2. The molecule has 1 nitrogen and oxygen atoms in total. The average molecular weight is 229 g/mol. The van der Waals surface area contributed by atoms with Crippen LogP contribution < -0.4 is 0 Å². The molecule has 0 bridgehead atoms. The molecule has 0 N–H and O–H groups in total. The molecule has 2 heteroatoms. The Morgan fingerprint density at radius 2 is 1.88 bits per heavy atom. The van der Waals surface area contributed by atoms with Crippen LogP contribution in [0.2, 0.25) is 0 Å². The highest BCUT2D eigenvalue weighted by molar-refractivity contribution is 7.98. The number of pyridine rings is 1. The lowest BCUT2D eigenvalue weighted by Gasteiger charge is -2.07. The SMILES string of the molecule is CSc1nc2cc3c(cc2cc1C)CCC3. The van der Waals surface area contributed by atoms with E-state index in [4.69, 9.17) is 4.98 Å². The van der Waals surface area contributed by atoms with Crippen LogP contribution >= 0.6 is 11.8 Å². The number of aryl methyl sites for hydroxylation is 3. The number of aromatic nitrogens is 1. The van der Waals surface area contributed by atoms with Gasteiger partial charge >= 0.3 is 0 Å². The molecule has 0 aliphatic heterocycles. The third-order valence-electron chi connectivity index (χ3n) is 3.37. The first kappa shape index (κ1) is 10.2. The normalized spacial score (nSPS) is 14.4. The summed E-state index contributed by atoms with van der Waals surface area (Å²) in [7, 11) is 0. The number of fused-ring (bicyclic) bond motifs is 2. The van der Waals surface area contributed by atoms with Gasteiger partial charge in [-0.3, -0.25) is 0 Å². The largest absolute Gasteiger partial charge is 0.241 e. The molecule has 0 saturated carbocycles. The predicted molar refractivity (Wildman–Crippen MR) is 70.3 cm³/mol. The monoisotopic (exact) mass is 229 g/mol. The summed E-state index contributed by atoms with van der Waals surface area (Å²) in [5, 5.41) is 2.46. The van der Waals surface area contributed by atoms with Gasteiger partial charge in [0, 0.05) is 5.39 Å². The Morgan fingerprint density at radius 3 is 2.62 bits per heavy atom. The van der Waals surface area contributed by atoms with Gasteiger partial charge in [-0.05, 0) is 67.3 Å². The van der Waals surface area contributed by atoms with Gasteiger partial charge in [0.2, 0.25) is 0 Å². The van der Waals surface area contributed by atoms with E-state index in [0.717, 1.165) is 10.5 Å². The fraction of sp³-hybridized carbons (Fsp3) is 0.357. The quantitative estimate of drug-likeness (QED) is 0.691. The Balaban J connectivity index is 2.28. The van der Waals surface area contributed by atoms with Crippen molar-refractivity contribution in [2.45, 2.75) is 31.2 Å². The standard InChI is InChI=1S/C14H15NS/c1-9-6-12-7-10-4-3-5-11(10)8-13(12)15-14(9)16-2/h6-8H,3-5H2,1-2H3. The number of benzene rings is 1. The second kappa shape index (κ2) is 3.77. The minimum absolute atomic E-state index is 1.16. The van der Waals surface area contributed by atoms with E-state index in [1.54, 1.807) is 11.8 Å². The number of thioether (sulfide) groups is 1. The van der Waals surface area contributed by atoms with Gasteiger partial charge in [-0.2, -0.15) is 0 Å². The summed E-state index contributed by atoms with van der Waals surface area (Å²) >= 11 is 1.73. The molecular weight excluding hydrogens is 214 g/mol. The van der Waals surface area contributed by atoms with Crippen molar-refractivity contribution < 1.29 is 0 Å². The van der Waals surface area contributed by atoms with Gasteiger partial charge in [-0.25, -0.2) is 4.98 Å². The Bertz CT molecular complexity index is 550. The van der Waals surface area contributed by atoms with Gasteiger partial charge in [0.05, 0.1) is 10.5 Å². The van der Waals surface area contributed by atoms with E-state index < -0.39 is 0 Å². The first-order valence-electron chi connectivity index (χ1n) is 5.75. The Hall–Kier alpha value is -1.02. The van der Waals surface area contributed by atoms with Crippen molar-refractivity contribution in [2.24, 2.45) is 0 Å². The smallest absolute Gasteiger partial charge is 0.0994 e. The molecule has 1 aliphatic rings. The van der Waals surface area contributed by atoms with Crippen molar-refractivity contribution in [2.75, 3.05) is 6.26 Å². The summed E-state index contributed by atoms with van der Waals surface area (Å²) in [5.74, 6) is 0. The van der Waals surface area contributed by atoms with Crippen molar-refractivity contribution in [1.82, 2.24) is 4.98 Å². The molecule has 0 fully saturated rings. The zero-order chi connectivity index (χ0) is 11.1. The lowest BCUT2D eigenvalue weighted by atomic mass is 10.1. The van der Waals surface area contributed by atoms with Crippen molar-refractivity contribution >= 4 is 22.7 Å². The van der Waals surface area contributed by atoms with Crippen molar-refractivity contribution in [1.29, 1.82) is 0 Å². The van der Waals surface area contributed by atoms with Gasteiger partial charge in [-0.1, -0.05) is 0 Å². The maximum atomic E-state index is 4.73. The molecule has 0 amide bonds. The second-order valence-electron chi connectivity index (χ2n) is 4.48. The van der Waals surface area contributed by atoms with E-state index in [9.17, 15) is 0 Å². The van der Waals surface area contributed by atoms with E-state index in [0.29, 0.717) is 0 Å². The van der Waals surface area contributed by atoms with E-state index >= 15 is 0 Å². The Kier molecular flexibility index (Phi) is 2.40. The summed E-state index contributed by atoms with van der Waals surface area (Å²) in [6, 6.07) is 6.89. The van der Waals surface area contributed by atoms with Crippen molar-refractivity contribution in [3.05, 3.63) is 34.9 Å². The Labute approximate surface area is 100 Å². The summed E-state index contributed by atoms with van der Waals surface area (Å²) in [6.07, 6.45) is 5.87. The molecule has 0 saturated heterocycles. The second-order valence-corrected chi connectivity index (χ2v) is 5.28. The minimum atomic E-state index is 1.16. The van der Waals surface area contributed by atoms with Crippen LogP contribution in [-0.4, -0.2) is 11.2 Å². The minimum Gasteiger partial charge on any atom is -0.241 e. The van der Waals surface area contributed by atoms with Crippen LogP contribution in [0.15, 0.2) is 23.2 Å². The highest BCUT2D eigenvalue weighted by atomic mass is 32.2. The first-order valence-corrected chi connectivity index (χ1v) is 6.97. The highest BCUT2D eigenvalue weighted by Gasteiger charge is 2.12. The summed E-state index contributed by atoms with van der Waals surface area (Å²) in [4.78, 5) is 4.73. The summed E-state index contributed by atoms with van der Waals surface area (Å²) in [6.45, 7) is 2.14. The molecule has 0 radical (unpaired) electrons. The maximum Gasteiger partial charge on any atom is 0.0994 e. The van der Waals surface area contributed by atoms with E-state index in [1.165, 1.54) is 41.3 Å². The van der Waals surface area contributed by atoms with Gasteiger partial charge in [-0.15, -0.1) is 11.8 Å². The van der Waals surface area contributed by atoms with Crippen molar-refractivity contribution in [3.8, 4) is 0 Å². The number of nitrogens with zero attached hydrogens (tertiary/aromatic N) is 1. The molecule has 0 unspecified atom stereocenters. The molecule has 16 heavy (non-hydrogen) atoms. The van der Waals surface area contributed by atoms with Crippen LogP contribution in [0, 0.1) is 6.92 Å². The van der Waals surface area contributed by atoms with Crippen LogP contribution in [0.4, 0.5) is 0 Å². The molecule has 0 atom stereocenters. The van der Waals surface area contributed by atoms with Crippen LogP contribution in [0.3, 0.4) is 0 Å². The zero-order valence-corrected chi connectivity index (χ0v) is 10.5. The summed E-state index contributed by atoms with van der Waals surface area (Å²) < 4.78 is 0. The van der Waals surface area contributed by atoms with Crippen LogP contribution in [0.5, 0.6) is 0 Å². The van der Waals surface area contributed by atoms with E-state index in [1.807, 2.05) is 0 Å². The van der Waals surface area contributed by atoms with Crippen molar-refractivity contribution in [3.63, 3.8) is 0 Å². The maximum absolute atomic E-state index is 4.73. The topological polar surface area (TPSA) is 12.9 Å². The third kappa shape index (κ3) is 1.52. The summed E-state index contributed by atoms with van der Waals surface area (Å²) in [5.41, 5.74) is 5.50. The van der Waals surface area contributed by atoms with Gasteiger partial charge in [0.25, 0.3) is 0 Å². The molecule has 1 heterocycles. The Morgan fingerprint density at radius 1 is 1.12 bits per heavy atom. The third-order valence-corrected chi connectivity index (χ3v) is 4.17. The molecule has 82 valence electrons. The molecule has 0 spiro atoms. The highest BCUT2D eigenvalue weighted by Crippen LogP contribution is 2.29. The van der Waals surface area contributed by atoms with Gasteiger partial charge < -0.3 is 0 Å². The number of hydrogen-bond donors (Lipinski definition) is 0.